The van der Waals surface area contributed by atoms with Crippen LogP contribution in [0.2, 0.25) is 0 Å². The number of pyridine rings is 1. The molecule has 3 heteroatoms. The van der Waals surface area contributed by atoms with Crippen LogP contribution in [-0.2, 0) is 13.2 Å². The maximum Gasteiger partial charge on any atom is 0.212 e. The summed E-state index contributed by atoms with van der Waals surface area (Å²) in [6.07, 6.45) is 4.33. The van der Waals surface area contributed by atoms with Gasteiger partial charge in [-0.05, 0) is 48.4 Å². The summed E-state index contributed by atoms with van der Waals surface area (Å²) in [5.74, 6) is 0.885. The molecule has 3 aromatic carbocycles. The quantitative estimate of drug-likeness (QED) is 0.220. The number of aromatic nitrogens is 1. The number of aryl methyl sites for hydroxylation is 1. The highest BCUT2D eigenvalue weighted by Gasteiger charge is 2.10. The minimum atomic E-state index is 0. The fourth-order valence-electron chi connectivity index (χ4n) is 3.37. The first-order valence-electron chi connectivity index (χ1n) is 9.70. The van der Waals surface area contributed by atoms with Crippen molar-refractivity contribution >= 4 is 47.0 Å². The van der Waals surface area contributed by atoms with Gasteiger partial charge in [-0.3, -0.25) is 0 Å². The van der Waals surface area contributed by atoms with Crippen molar-refractivity contribution in [3.63, 3.8) is 0 Å². The minimum absolute atomic E-state index is 0. The van der Waals surface area contributed by atoms with Crippen molar-refractivity contribution < 1.29 is 9.30 Å². The van der Waals surface area contributed by atoms with E-state index in [0.29, 0.717) is 6.61 Å². The number of nitrogens with zero attached hydrogens (tertiary/aromatic N) is 1. The molecule has 146 valence electrons. The van der Waals surface area contributed by atoms with E-state index in [1.54, 1.807) is 0 Å². The van der Waals surface area contributed by atoms with Gasteiger partial charge in [0.1, 0.15) is 18.9 Å². The zero-order valence-corrected chi connectivity index (χ0v) is 18.8. The van der Waals surface area contributed by atoms with Gasteiger partial charge in [-0.15, -0.1) is 24.0 Å². The van der Waals surface area contributed by atoms with Crippen molar-refractivity contribution in [1.82, 2.24) is 0 Å². The first-order chi connectivity index (χ1) is 13.8. The Hall–Kier alpha value is -2.66. The zero-order valence-electron chi connectivity index (χ0n) is 16.5. The van der Waals surface area contributed by atoms with Crippen molar-refractivity contribution in [2.75, 3.05) is 0 Å². The van der Waals surface area contributed by atoms with Crippen LogP contribution in [-0.4, -0.2) is 0 Å². The summed E-state index contributed by atoms with van der Waals surface area (Å²) in [6, 6.07) is 31.3. The summed E-state index contributed by atoms with van der Waals surface area (Å²) in [5, 5.41) is 1.27. The number of benzene rings is 3. The van der Waals surface area contributed by atoms with Crippen LogP contribution < -0.4 is 9.30 Å². The van der Waals surface area contributed by atoms with E-state index in [4.69, 9.17) is 4.74 Å². The third-order valence-electron chi connectivity index (χ3n) is 4.86. The van der Waals surface area contributed by atoms with Crippen LogP contribution in [0.15, 0.2) is 91.0 Å². The van der Waals surface area contributed by atoms with Gasteiger partial charge < -0.3 is 4.74 Å². The minimum Gasteiger partial charge on any atom is -0.489 e. The van der Waals surface area contributed by atoms with Crippen LogP contribution >= 0.6 is 24.0 Å². The predicted octanol–water partition coefficient (Wildman–Crippen LogP) is 6.51. The number of ether oxygens (including phenoxy) is 1. The number of hydrogen-bond acceptors (Lipinski definition) is 1. The summed E-state index contributed by atoms with van der Waals surface area (Å²) < 4.78 is 8.20. The Morgan fingerprint density at radius 3 is 2.24 bits per heavy atom. The van der Waals surface area contributed by atoms with Crippen molar-refractivity contribution in [3.05, 3.63) is 108 Å². The summed E-state index contributed by atoms with van der Waals surface area (Å²) in [6.45, 7) is 3.71. The van der Waals surface area contributed by atoms with Gasteiger partial charge >= 0.3 is 0 Å². The number of fused-ring (bicyclic) bond motifs is 1. The van der Waals surface area contributed by atoms with E-state index in [2.05, 4.69) is 84.3 Å². The SMILES string of the molecule is CC[n+]1c(/C=C/c2ccc(OCc3ccccc3)cc2)ccc2ccccc21.I. The molecule has 0 aliphatic carbocycles. The Morgan fingerprint density at radius 1 is 0.759 bits per heavy atom. The molecule has 0 saturated heterocycles. The van der Waals surface area contributed by atoms with E-state index >= 15 is 0 Å². The summed E-state index contributed by atoms with van der Waals surface area (Å²) >= 11 is 0. The average Bonchev–Trinajstić information content (AvgIpc) is 2.77. The molecule has 0 atom stereocenters. The van der Waals surface area contributed by atoms with Crippen molar-refractivity contribution in [2.24, 2.45) is 0 Å². The van der Waals surface area contributed by atoms with E-state index in [1.165, 1.54) is 22.2 Å². The lowest BCUT2D eigenvalue weighted by molar-refractivity contribution is -0.669. The van der Waals surface area contributed by atoms with Crippen LogP contribution in [0.3, 0.4) is 0 Å². The first kappa shape index (κ1) is 21.1. The van der Waals surface area contributed by atoms with Gasteiger partial charge in [0.25, 0.3) is 0 Å². The lowest BCUT2D eigenvalue weighted by atomic mass is 10.1. The van der Waals surface area contributed by atoms with Crippen LogP contribution in [0.1, 0.15) is 23.7 Å². The summed E-state index contributed by atoms with van der Waals surface area (Å²) in [5.41, 5.74) is 4.79. The molecule has 1 heterocycles. The molecular formula is C26H25INO+. The lowest BCUT2D eigenvalue weighted by Gasteiger charge is -2.06. The average molecular weight is 494 g/mol. The molecule has 0 unspecified atom stereocenters. The summed E-state index contributed by atoms with van der Waals surface area (Å²) in [4.78, 5) is 0. The lowest BCUT2D eigenvalue weighted by Crippen LogP contribution is -2.36. The smallest absolute Gasteiger partial charge is 0.212 e. The van der Waals surface area contributed by atoms with Crippen molar-refractivity contribution in [2.45, 2.75) is 20.1 Å². The molecule has 0 spiro atoms. The van der Waals surface area contributed by atoms with E-state index in [1.807, 2.05) is 30.3 Å². The maximum atomic E-state index is 5.87. The van der Waals surface area contributed by atoms with Crippen LogP contribution in [0.4, 0.5) is 0 Å². The Labute approximate surface area is 189 Å². The highest BCUT2D eigenvalue weighted by atomic mass is 127. The second kappa shape index (κ2) is 10.2. The molecule has 4 rings (SSSR count). The third-order valence-corrected chi connectivity index (χ3v) is 4.86. The standard InChI is InChI=1S/C26H24NO.HI/c1-2-27-24(17-15-23-10-6-7-11-26(23)27)16-12-21-13-18-25(19-14-21)28-20-22-8-4-3-5-9-22;/h3-19H,2,20H2,1H3;1H/q+1;/b16-12+;. The van der Waals surface area contributed by atoms with Gasteiger partial charge in [0.2, 0.25) is 11.2 Å². The van der Waals surface area contributed by atoms with E-state index in [9.17, 15) is 0 Å². The summed E-state index contributed by atoms with van der Waals surface area (Å²) in [7, 11) is 0. The van der Waals surface area contributed by atoms with E-state index < -0.39 is 0 Å². The highest BCUT2D eigenvalue weighted by Crippen LogP contribution is 2.17. The molecule has 0 radical (unpaired) electrons. The molecule has 0 bridgehead atoms. The molecule has 0 aliphatic heterocycles. The number of rotatable bonds is 6. The Kier molecular flexibility index (Phi) is 7.42. The van der Waals surface area contributed by atoms with Gasteiger partial charge in [-0.2, -0.15) is 4.57 Å². The van der Waals surface area contributed by atoms with Gasteiger partial charge in [0.05, 0.1) is 0 Å². The van der Waals surface area contributed by atoms with Crippen LogP contribution in [0.25, 0.3) is 23.1 Å². The molecular weight excluding hydrogens is 469 g/mol. The largest absolute Gasteiger partial charge is 0.489 e. The molecule has 2 nitrogen and oxygen atoms in total. The molecule has 4 aromatic rings. The van der Waals surface area contributed by atoms with Crippen molar-refractivity contribution in [3.8, 4) is 5.75 Å². The van der Waals surface area contributed by atoms with E-state index in [-0.39, 0.29) is 24.0 Å². The highest BCUT2D eigenvalue weighted by molar-refractivity contribution is 14.0. The van der Waals surface area contributed by atoms with Crippen LogP contribution in [0.5, 0.6) is 5.75 Å². The van der Waals surface area contributed by atoms with Gasteiger partial charge in [0, 0.05) is 23.6 Å². The molecule has 0 saturated carbocycles. The monoisotopic (exact) mass is 494 g/mol. The Bertz CT molecular complexity index is 1090. The van der Waals surface area contributed by atoms with Crippen molar-refractivity contribution in [1.29, 1.82) is 0 Å². The second-order valence-electron chi connectivity index (χ2n) is 6.74. The zero-order chi connectivity index (χ0) is 19.2. The Balaban J connectivity index is 0.00000240. The van der Waals surface area contributed by atoms with Crippen LogP contribution in [0, 0.1) is 0 Å². The third kappa shape index (κ3) is 5.24. The molecule has 0 aliphatic rings. The number of hydrogen-bond donors (Lipinski definition) is 0. The molecule has 0 amide bonds. The fourth-order valence-corrected chi connectivity index (χ4v) is 3.37. The van der Waals surface area contributed by atoms with Gasteiger partial charge in [0.15, 0.2) is 0 Å². The van der Waals surface area contributed by atoms with E-state index in [0.717, 1.165) is 17.9 Å². The van der Waals surface area contributed by atoms with Gasteiger partial charge in [-0.25, -0.2) is 0 Å². The molecule has 0 fully saturated rings. The fraction of sp³-hybridized carbons (Fsp3) is 0.115. The normalized spacial score (nSPS) is 10.8. The molecule has 29 heavy (non-hydrogen) atoms. The maximum absolute atomic E-state index is 5.87. The Morgan fingerprint density at radius 2 is 1.48 bits per heavy atom. The number of para-hydroxylation sites is 1. The topological polar surface area (TPSA) is 13.1 Å². The predicted molar refractivity (Wildman–Crippen MR) is 131 cm³/mol. The molecule has 1 aromatic heterocycles. The van der Waals surface area contributed by atoms with Gasteiger partial charge in [-0.1, -0.05) is 54.6 Å². The number of halogens is 1. The second-order valence-corrected chi connectivity index (χ2v) is 6.74. The molecule has 0 N–H and O–H groups in total. The first-order valence-corrected chi connectivity index (χ1v) is 9.70.